The maximum atomic E-state index is 4.63. The fourth-order valence-electron chi connectivity index (χ4n) is 2.09. The number of nitrogens with one attached hydrogen (secondary N) is 1. The molecule has 0 spiro atoms. The predicted octanol–water partition coefficient (Wildman–Crippen LogP) is 4.20. The zero-order valence-corrected chi connectivity index (χ0v) is 14.0. The molecule has 0 aliphatic heterocycles. The van der Waals surface area contributed by atoms with Gasteiger partial charge in [0.05, 0.1) is 10.2 Å². The number of hydrogen-bond donors (Lipinski definition) is 1. The molecule has 1 aromatic heterocycles. The number of anilines is 1. The van der Waals surface area contributed by atoms with E-state index in [4.69, 9.17) is 0 Å². The second-order valence-corrected chi connectivity index (χ2v) is 6.61. The summed E-state index contributed by atoms with van der Waals surface area (Å²) >= 11 is 5.20. The summed E-state index contributed by atoms with van der Waals surface area (Å²) in [6, 6.07) is 6.64. The largest absolute Gasteiger partial charge is 0.358 e. The smallest absolute Gasteiger partial charge is 0.184 e. The lowest BCUT2D eigenvalue weighted by Crippen LogP contribution is -2.34. The van der Waals surface area contributed by atoms with Crippen molar-refractivity contribution in [2.75, 3.05) is 25.0 Å². The maximum absolute atomic E-state index is 4.63. The Bertz CT molecular complexity index is 536. The summed E-state index contributed by atoms with van der Waals surface area (Å²) in [6.07, 6.45) is 0. The minimum atomic E-state index is 0.406. The molecule has 2 rings (SSSR count). The van der Waals surface area contributed by atoms with E-state index < -0.39 is 0 Å². The average Bonchev–Trinajstić information content (AvgIpc) is 2.77. The van der Waals surface area contributed by atoms with Crippen molar-refractivity contribution in [3.63, 3.8) is 0 Å². The van der Waals surface area contributed by atoms with Crippen LogP contribution in [-0.4, -0.2) is 35.6 Å². The van der Waals surface area contributed by atoms with Crippen molar-refractivity contribution in [3.8, 4) is 0 Å². The Morgan fingerprint density at radius 2 is 2.11 bits per heavy atom. The van der Waals surface area contributed by atoms with E-state index >= 15 is 0 Å². The summed E-state index contributed by atoms with van der Waals surface area (Å²) < 4.78 is 2.30. The molecule has 5 heteroatoms. The number of rotatable bonds is 6. The molecule has 2 aromatic rings. The molecule has 0 amide bonds. The minimum absolute atomic E-state index is 0.406. The Morgan fingerprint density at radius 3 is 2.79 bits per heavy atom. The Morgan fingerprint density at radius 1 is 1.37 bits per heavy atom. The van der Waals surface area contributed by atoms with E-state index in [1.54, 1.807) is 11.3 Å². The zero-order chi connectivity index (χ0) is 13.8. The molecule has 3 nitrogen and oxygen atoms in total. The van der Waals surface area contributed by atoms with Gasteiger partial charge in [-0.1, -0.05) is 41.1 Å². The highest BCUT2D eigenvalue weighted by atomic mass is 79.9. The van der Waals surface area contributed by atoms with Crippen molar-refractivity contribution >= 4 is 42.6 Å². The molecule has 0 aliphatic carbocycles. The quantitative estimate of drug-likeness (QED) is 0.853. The fraction of sp³-hybridized carbons (Fsp3) is 0.500. The van der Waals surface area contributed by atoms with Crippen molar-refractivity contribution < 1.29 is 0 Å². The summed E-state index contributed by atoms with van der Waals surface area (Å²) in [6.45, 7) is 9.84. The number of halogens is 1. The summed E-state index contributed by atoms with van der Waals surface area (Å²) in [5.74, 6) is 0. The van der Waals surface area contributed by atoms with Gasteiger partial charge in [0.15, 0.2) is 5.13 Å². The van der Waals surface area contributed by atoms with Gasteiger partial charge in [-0.25, -0.2) is 4.98 Å². The van der Waals surface area contributed by atoms with Gasteiger partial charge >= 0.3 is 0 Å². The van der Waals surface area contributed by atoms with E-state index in [0.29, 0.717) is 6.04 Å². The lowest BCUT2D eigenvalue weighted by Gasteiger charge is -2.23. The highest BCUT2D eigenvalue weighted by molar-refractivity contribution is 9.10. The van der Waals surface area contributed by atoms with Gasteiger partial charge in [-0.15, -0.1) is 0 Å². The fourth-order valence-corrected chi connectivity index (χ4v) is 3.39. The van der Waals surface area contributed by atoms with Gasteiger partial charge in [0.25, 0.3) is 0 Å². The SMILES string of the molecule is CCN(CC)CC(C)Nc1nc2cc(Br)ccc2s1. The van der Waals surface area contributed by atoms with Crippen LogP contribution in [0.2, 0.25) is 0 Å². The molecule has 0 fully saturated rings. The summed E-state index contributed by atoms with van der Waals surface area (Å²) in [4.78, 5) is 7.05. The summed E-state index contributed by atoms with van der Waals surface area (Å²) in [5.41, 5.74) is 1.05. The number of fused-ring (bicyclic) bond motifs is 1. The molecule has 1 atom stereocenters. The van der Waals surface area contributed by atoms with Crippen molar-refractivity contribution in [3.05, 3.63) is 22.7 Å². The van der Waals surface area contributed by atoms with Crippen molar-refractivity contribution in [2.24, 2.45) is 0 Å². The Labute approximate surface area is 127 Å². The van der Waals surface area contributed by atoms with Gasteiger partial charge in [-0.3, -0.25) is 0 Å². The van der Waals surface area contributed by atoms with Crippen molar-refractivity contribution in [2.45, 2.75) is 26.8 Å². The average molecular weight is 342 g/mol. The van der Waals surface area contributed by atoms with Crippen LogP contribution in [0.25, 0.3) is 10.2 Å². The monoisotopic (exact) mass is 341 g/mol. The van der Waals surface area contributed by atoms with E-state index in [-0.39, 0.29) is 0 Å². The predicted molar refractivity (Wildman–Crippen MR) is 88.2 cm³/mol. The molecule has 0 bridgehead atoms. The number of likely N-dealkylation sites (N-methyl/N-ethyl adjacent to an activating group) is 1. The van der Waals surface area contributed by atoms with Crippen LogP contribution in [0.15, 0.2) is 22.7 Å². The highest BCUT2D eigenvalue weighted by Crippen LogP contribution is 2.28. The standard InChI is InChI=1S/C14H20BrN3S/c1-4-18(5-2)9-10(3)16-14-17-12-8-11(15)6-7-13(12)19-14/h6-8,10H,4-5,9H2,1-3H3,(H,16,17). The van der Waals surface area contributed by atoms with Crippen molar-refractivity contribution in [1.29, 1.82) is 0 Å². The normalized spacial score (nSPS) is 13.1. The van der Waals surface area contributed by atoms with Crippen LogP contribution in [0.1, 0.15) is 20.8 Å². The van der Waals surface area contributed by atoms with Crippen LogP contribution in [-0.2, 0) is 0 Å². The number of aromatic nitrogens is 1. The second-order valence-electron chi connectivity index (χ2n) is 4.66. The molecule has 1 N–H and O–H groups in total. The van der Waals surface area contributed by atoms with Crippen LogP contribution in [0.5, 0.6) is 0 Å². The van der Waals surface area contributed by atoms with Gasteiger partial charge in [0.1, 0.15) is 0 Å². The zero-order valence-electron chi connectivity index (χ0n) is 11.6. The van der Waals surface area contributed by atoms with Gasteiger partial charge in [-0.2, -0.15) is 0 Å². The Hall–Kier alpha value is -0.650. The molecule has 1 aromatic carbocycles. The van der Waals surface area contributed by atoms with Crippen molar-refractivity contribution in [1.82, 2.24) is 9.88 Å². The summed E-state index contributed by atoms with van der Waals surface area (Å²) in [5, 5.41) is 4.51. The number of thiazole rings is 1. The minimum Gasteiger partial charge on any atom is -0.358 e. The third-order valence-corrected chi connectivity index (χ3v) is 4.61. The lowest BCUT2D eigenvalue weighted by atomic mass is 10.3. The third-order valence-electron chi connectivity index (χ3n) is 3.15. The molecule has 0 aliphatic rings. The van der Waals surface area contributed by atoms with E-state index in [1.165, 1.54) is 4.70 Å². The molecular formula is C14H20BrN3S. The molecule has 0 radical (unpaired) electrons. The second kappa shape index (κ2) is 6.68. The molecule has 1 heterocycles. The molecule has 0 saturated carbocycles. The topological polar surface area (TPSA) is 28.2 Å². The number of hydrogen-bond acceptors (Lipinski definition) is 4. The molecule has 0 saturated heterocycles. The highest BCUT2D eigenvalue weighted by Gasteiger charge is 2.10. The van der Waals surface area contributed by atoms with Gasteiger partial charge in [-0.05, 0) is 38.2 Å². The molecule has 1 unspecified atom stereocenters. The van der Waals surface area contributed by atoms with E-state index in [0.717, 1.165) is 34.8 Å². The molecule has 19 heavy (non-hydrogen) atoms. The first-order valence-corrected chi connectivity index (χ1v) is 8.28. The van der Waals surface area contributed by atoms with Gasteiger partial charge in [0.2, 0.25) is 0 Å². The van der Waals surface area contributed by atoms with Crippen LogP contribution >= 0.6 is 27.3 Å². The number of benzene rings is 1. The maximum Gasteiger partial charge on any atom is 0.184 e. The van der Waals surface area contributed by atoms with E-state index in [1.807, 2.05) is 0 Å². The van der Waals surface area contributed by atoms with Gasteiger partial charge in [0, 0.05) is 17.1 Å². The molecule has 104 valence electrons. The van der Waals surface area contributed by atoms with Crippen LogP contribution < -0.4 is 5.32 Å². The lowest BCUT2D eigenvalue weighted by molar-refractivity contribution is 0.295. The number of nitrogens with zero attached hydrogens (tertiary/aromatic N) is 2. The van der Waals surface area contributed by atoms with E-state index in [2.05, 4.69) is 70.1 Å². The Kier molecular flexibility index (Phi) is 5.19. The van der Waals surface area contributed by atoms with Crippen LogP contribution in [0.3, 0.4) is 0 Å². The van der Waals surface area contributed by atoms with Gasteiger partial charge < -0.3 is 10.2 Å². The first kappa shape index (κ1) is 14.8. The first-order valence-electron chi connectivity index (χ1n) is 6.67. The Balaban J connectivity index is 2.04. The summed E-state index contributed by atoms with van der Waals surface area (Å²) in [7, 11) is 0. The van der Waals surface area contributed by atoms with Crippen LogP contribution in [0.4, 0.5) is 5.13 Å². The van der Waals surface area contributed by atoms with E-state index in [9.17, 15) is 0 Å². The molecular weight excluding hydrogens is 322 g/mol. The third kappa shape index (κ3) is 3.91. The van der Waals surface area contributed by atoms with Crippen LogP contribution in [0, 0.1) is 0 Å². The first-order chi connectivity index (χ1) is 9.12.